The van der Waals surface area contributed by atoms with Crippen molar-refractivity contribution in [1.82, 2.24) is 9.36 Å². The fourth-order valence-electron chi connectivity index (χ4n) is 0.735. The van der Waals surface area contributed by atoms with Crippen molar-refractivity contribution in [3.05, 3.63) is 18.9 Å². The van der Waals surface area contributed by atoms with Crippen LogP contribution in [0.5, 0.6) is 0 Å². The number of hydrogen-bond acceptors (Lipinski definition) is 4. The van der Waals surface area contributed by atoms with Gasteiger partial charge in [0, 0.05) is 9.85 Å². The molecule has 2 nitrogen and oxygen atoms in total. The summed E-state index contributed by atoms with van der Waals surface area (Å²) in [5.41, 5.74) is 0. The highest BCUT2D eigenvalue weighted by Gasteiger charge is 2.06. The Labute approximate surface area is 99.5 Å². The van der Waals surface area contributed by atoms with E-state index in [9.17, 15) is 0 Å². The Morgan fingerprint density at radius 2 is 2.33 bits per heavy atom. The fraction of sp³-hybridized carbons (Fsp3) is 0. The minimum atomic E-state index is 0.833. The lowest BCUT2D eigenvalue weighted by atomic mass is 10.4. The zero-order valence-electron chi connectivity index (χ0n) is 5.62. The van der Waals surface area contributed by atoms with Crippen molar-refractivity contribution in [1.29, 1.82) is 0 Å². The Bertz CT molecular complexity index is 359. The van der Waals surface area contributed by atoms with E-state index in [-0.39, 0.29) is 0 Å². The van der Waals surface area contributed by atoms with Crippen molar-refractivity contribution in [2.75, 3.05) is 0 Å². The molecular formula is C6H2BrIN2S2. The van der Waals surface area contributed by atoms with Gasteiger partial charge in [0.15, 0.2) is 8.84 Å². The Balaban J connectivity index is 2.43. The molecule has 0 unspecified atom stereocenters. The van der Waals surface area contributed by atoms with Crippen molar-refractivity contribution in [3.63, 3.8) is 0 Å². The first-order valence-corrected chi connectivity index (χ1v) is 6.52. The Morgan fingerprint density at radius 3 is 2.83 bits per heavy atom. The Hall–Kier alpha value is 0.470. The molecule has 0 atom stereocenters. The summed E-state index contributed by atoms with van der Waals surface area (Å²) in [6, 6.07) is 2.03. The monoisotopic (exact) mass is 372 g/mol. The van der Waals surface area contributed by atoms with Crippen molar-refractivity contribution < 1.29 is 0 Å². The van der Waals surface area contributed by atoms with Gasteiger partial charge in [0.2, 0.25) is 0 Å². The van der Waals surface area contributed by atoms with Crippen molar-refractivity contribution in [2.45, 2.75) is 0 Å². The van der Waals surface area contributed by atoms with Crippen LogP contribution in [0.25, 0.3) is 10.7 Å². The van der Waals surface area contributed by atoms with E-state index in [1.807, 2.05) is 11.4 Å². The first kappa shape index (κ1) is 9.04. The second kappa shape index (κ2) is 3.69. The molecule has 0 bridgehead atoms. The van der Waals surface area contributed by atoms with Crippen LogP contribution >= 0.6 is 61.4 Å². The van der Waals surface area contributed by atoms with E-state index in [1.165, 1.54) is 11.5 Å². The minimum Gasteiger partial charge on any atom is -0.208 e. The number of aromatic nitrogens is 2. The van der Waals surface area contributed by atoms with Crippen LogP contribution in [0.3, 0.4) is 0 Å². The molecule has 0 fully saturated rings. The topological polar surface area (TPSA) is 25.8 Å². The van der Waals surface area contributed by atoms with Crippen LogP contribution in [0.15, 0.2) is 15.9 Å². The average molecular weight is 373 g/mol. The van der Waals surface area contributed by atoms with E-state index in [1.54, 1.807) is 11.3 Å². The molecule has 0 saturated heterocycles. The summed E-state index contributed by atoms with van der Waals surface area (Å²) in [4.78, 5) is 5.39. The first-order chi connectivity index (χ1) is 5.75. The molecule has 0 saturated carbocycles. The van der Waals surface area contributed by atoms with Crippen LogP contribution < -0.4 is 0 Å². The summed E-state index contributed by atoms with van der Waals surface area (Å²) < 4.78 is 6.28. The summed E-state index contributed by atoms with van der Waals surface area (Å²) in [5, 5.41) is 2.03. The van der Waals surface area contributed by atoms with Gasteiger partial charge in [-0.15, -0.1) is 11.3 Å². The lowest BCUT2D eigenvalue weighted by Gasteiger charge is -1.82. The molecule has 12 heavy (non-hydrogen) atoms. The van der Waals surface area contributed by atoms with E-state index in [4.69, 9.17) is 0 Å². The van der Waals surface area contributed by atoms with E-state index in [0.717, 1.165) is 18.2 Å². The molecule has 0 aliphatic carbocycles. The van der Waals surface area contributed by atoms with Gasteiger partial charge in [-0.2, -0.15) is 4.37 Å². The van der Waals surface area contributed by atoms with Gasteiger partial charge in [-0.3, -0.25) is 0 Å². The second-order valence-corrected chi connectivity index (χ2v) is 6.33. The van der Waals surface area contributed by atoms with Crippen LogP contribution in [0.2, 0.25) is 0 Å². The molecule has 0 radical (unpaired) electrons. The first-order valence-electron chi connectivity index (χ1n) is 2.99. The standard InChI is InChI=1S/C6H2BrIN2S2/c7-3-1-4(11-2-3)5-9-6(8)12-10-5/h1-2H. The molecule has 0 N–H and O–H groups in total. The number of nitrogens with zero attached hydrogens (tertiary/aromatic N) is 2. The average Bonchev–Trinajstić information content (AvgIpc) is 2.58. The highest BCUT2D eigenvalue weighted by Crippen LogP contribution is 2.28. The molecule has 2 aromatic rings. The Morgan fingerprint density at radius 1 is 1.50 bits per heavy atom. The van der Waals surface area contributed by atoms with Crippen LogP contribution in [-0.4, -0.2) is 9.36 Å². The largest absolute Gasteiger partial charge is 0.208 e. The number of thiophene rings is 1. The predicted molar refractivity (Wildman–Crippen MR) is 63.6 cm³/mol. The van der Waals surface area contributed by atoms with E-state index in [2.05, 4.69) is 47.9 Å². The maximum absolute atomic E-state index is 4.28. The zero-order valence-corrected chi connectivity index (χ0v) is 11.0. The normalized spacial score (nSPS) is 10.5. The number of halogens is 2. The smallest absolute Gasteiger partial charge is 0.183 e. The van der Waals surface area contributed by atoms with Gasteiger partial charge in [-0.05, 0) is 56.1 Å². The van der Waals surface area contributed by atoms with Gasteiger partial charge in [-0.1, -0.05) is 0 Å². The van der Waals surface area contributed by atoms with E-state index in [0.29, 0.717) is 0 Å². The third-order valence-electron chi connectivity index (χ3n) is 1.19. The lowest BCUT2D eigenvalue weighted by molar-refractivity contribution is 1.32. The summed E-state index contributed by atoms with van der Waals surface area (Å²) in [6.45, 7) is 0. The Kier molecular flexibility index (Phi) is 2.78. The molecule has 2 heterocycles. The zero-order chi connectivity index (χ0) is 8.55. The van der Waals surface area contributed by atoms with Gasteiger partial charge in [0.05, 0.1) is 4.88 Å². The van der Waals surface area contributed by atoms with E-state index < -0.39 is 0 Å². The molecule has 2 rings (SSSR count). The molecule has 62 valence electrons. The minimum absolute atomic E-state index is 0.833. The van der Waals surface area contributed by atoms with Crippen LogP contribution in [-0.2, 0) is 0 Å². The summed E-state index contributed by atoms with van der Waals surface area (Å²) >= 11 is 8.64. The van der Waals surface area contributed by atoms with Crippen LogP contribution in [0.1, 0.15) is 0 Å². The molecule has 0 aliphatic rings. The van der Waals surface area contributed by atoms with Crippen molar-refractivity contribution in [2.24, 2.45) is 0 Å². The summed E-state index contributed by atoms with van der Waals surface area (Å²) in [6.07, 6.45) is 0. The molecule has 0 aliphatic heterocycles. The van der Waals surface area contributed by atoms with Gasteiger partial charge < -0.3 is 0 Å². The molecule has 0 spiro atoms. The molecule has 0 amide bonds. The quantitative estimate of drug-likeness (QED) is 0.714. The van der Waals surface area contributed by atoms with Crippen LogP contribution in [0, 0.1) is 3.01 Å². The van der Waals surface area contributed by atoms with Crippen molar-refractivity contribution in [3.8, 4) is 10.7 Å². The van der Waals surface area contributed by atoms with Gasteiger partial charge in [0.1, 0.15) is 0 Å². The third kappa shape index (κ3) is 1.86. The van der Waals surface area contributed by atoms with Crippen LogP contribution in [0.4, 0.5) is 0 Å². The fourth-order valence-corrected chi connectivity index (χ4v) is 3.11. The summed E-state index contributed by atoms with van der Waals surface area (Å²) in [5.74, 6) is 0.833. The van der Waals surface area contributed by atoms with Gasteiger partial charge in [-0.25, -0.2) is 4.98 Å². The van der Waals surface area contributed by atoms with Gasteiger partial charge >= 0.3 is 0 Å². The number of rotatable bonds is 1. The maximum Gasteiger partial charge on any atom is 0.183 e. The highest BCUT2D eigenvalue weighted by molar-refractivity contribution is 14.1. The number of hydrogen-bond donors (Lipinski definition) is 0. The SMILES string of the molecule is Brc1csc(-c2nsc(I)n2)c1. The summed E-state index contributed by atoms with van der Waals surface area (Å²) in [7, 11) is 0. The highest BCUT2D eigenvalue weighted by atomic mass is 127. The maximum atomic E-state index is 4.28. The predicted octanol–water partition coefficient (Wildman–Crippen LogP) is 3.63. The molecular weight excluding hydrogens is 371 g/mol. The van der Waals surface area contributed by atoms with E-state index >= 15 is 0 Å². The molecule has 6 heteroatoms. The van der Waals surface area contributed by atoms with Gasteiger partial charge in [0.25, 0.3) is 0 Å². The molecule has 2 aromatic heterocycles. The third-order valence-corrected chi connectivity index (χ3v) is 4.21. The van der Waals surface area contributed by atoms with Crippen molar-refractivity contribution >= 4 is 61.4 Å². The molecule has 0 aromatic carbocycles. The second-order valence-electron chi connectivity index (χ2n) is 2.00. The lowest BCUT2D eigenvalue weighted by Crippen LogP contribution is -1.73.